The van der Waals surface area contributed by atoms with E-state index in [9.17, 15) is 31.6 Å². The van der Waals surface area contributed by atoms with Crippen LogP contribution in [-0.4, -0.2) is 26.5 Å². The summed E-state index contributed by atoms with van der Waals surface area (Å²) in [5, 5.41) is 56.1. The normalized spacial score (nSPS) is 11.9. The van der Waals surface area contributed by atoms with Gasteiger partial charge in [0.05, 0.1) is 18.2 Å². The average molecular weight is 398 g/mol. The van der Waals surface area contributed by atoms with Crippen LogP contribution in [0.15, 0.2) is 21.3 Å². The van der Waals surface area contributed by atoms with Crippen molar-refractivity contribution in [3.63, 3.8) is 0 Å². The van der Waals surface area contributed by atoms with E-state index in [4.69, 9.17) is 0 Å². The van der Waals surface area contributed by atoms with Crippen molar-refractivity contribution in [2.75, 3.05) is 6.54 Å². The molecule has 12 heteroatoms. The first-order chi connectivity index (χ1) is 15.1. The van der Waals surface area contributed by atoms with Crippen molar-refractivity contribution in [1.29, 1.82) is 31.6 Å². The summed E-state index contributed by atoms with van der Waals surface area (Å²) in [6, 6.07) is 10.8. The number of hydrogen-bond donors (Lipinski definition) is 0. The van der Waals surface area contributed by atoms with E-state index >= 15 is 0 Å². The lowest BCUT2D eigenvalue weighted by Crippen LogP contribution is -2.30. The van der Waals surface area contributed by atoms with Crippen molar-refractivity contribution in [2.45, 2.75) is 0 Å². The fraction of sp³-hybridized carbons (Fsp3) is 0.0526. The van der Waals surface area contributed by atoms with E-state index in [1.807, 2.05) is 12.1 Å². The summed E-state index contributed by atoms with van der Waals surface area (Å²) in [4.78, 5) is 25.1. The number of rotatable bonds is 0. The first kappa shape index (κ1) is 18.5. The van der Waals surface area contributed by atoms with Gasteiger partial charge in [0.2, 0.25) is 0 Å². The third-order valence-corrected chi connectivity index (χ3v) is 4.26. The highest BCUT2D eigenvalue weighted by atomic mass is 14.9. The maximum Gasteiger partial charge on any atom is 0.177 e. The fourth-order valence-corrected chi connectivity index (χ4v) is 2.92. The first-order valence-corrected chi connectivity index (χ1v) is 8.22. The number of fused-ring (bicyclic) bond motifs is 6. The molecule has 0 unspecified atom stereocenters. The summed E-state index contributed by atoms with van der Waals surface area (Å²) in [5.41, 5.74) is -1.35. The van der Waals surface area contributed by atoms with Gasteiger partial charge in [-0.2, -0.15) is 31.6 Å². The Morgan fingerprint density at radius 3 is 1.39 bits per heavy atom. The fourth-order valence-electron chi connectivity index (χ4n) is 2.92. The van der Waals surface area contributed by atoms with Gasteiger partial charge >= 0.3 is 0 Å². The molecule has 0 spiro atoms. The molecule has 0 saturated heterocycles. The molecule has 3 heterocycles. The van der Waals surface area contributed by atoms with Gasteiger partial charge in [-0.1, -0.05) is 0 Å². The molecule has 12 nitrogen and oxygen atoms in total. The lowest BCUT2D eigenvalue weighted by Gasteiger charge is -2.06. The van der Waals surface area contributed by atoms with E-state index in [2.05, 4.69) is 29.9 Å². The van der Waals surface area contributed by atoms with Crippen LogP contribution < -0.4 is 10.7 Å². The van der Waals surface area contributed by atoms with Crippen LogP contribution in [-0.2, 0) is 0 Å². The van der Waals surface area contributed by atoms with Crippen molar-refractivity contribution >= 4 is 22.1 Å². The second kappa shape index (κ2) is 6.97. The summed E-state index contributed by atoms with van der Waals surface area (Å²) in [6.07, 6.45) is 0. The predicted octanol–water partition coefficient (Wildman–Crippen LogP) is -0.386. The van der Waals surface area contributed by atoms with Crippen LogP contribution in [0.25, 0.3) is 22.1 Å². The van der Waals surface area contributed by atoms with Crippen molar-refractivity contribution in [3.8, 4) is 36.4 Å². The van der Waals surface area contributed by atoms with Gasteiger partial charge in [0.15, 0.2) is 28.5 Å². The quantitative estimate of drug-likeness (QED) is 0.446. The van der Waals surface area contributed by atoms with E-state index < -0.39 is 0 Å². The zero-order valence-corrected chi connectivity index (χ0v) is 15.1. The Labute approximate surface area is 171 Å². The van der Waals surface area contributed by atoms with E-state index in [1.54, 1.807) is 24.3 Å². The van der Waals surface area contributed by atoms with Crippen molar-refractivity contribution in [2.24, 2.45) is 9.98 Å². The van der Waals surface area contributed by atoms with Crippen LogP contribution in [0.2, 0.25) is 0 Å². The molecule has 0 atom stereocenters. The molecule has 138 valence electrons. The molecule has 1 aromatic carbocycles. The molecule has 1 aliphatic rings. The third-order valence-electron chi connectivity index (χ3n) is 4.26. The molecule has 0 amide bonds. The number of nitrogens with zero attached hydrogens (tertiary/aromatic N) is 12. The van der Waals surface area contributed by atoms with Crippen LogP contribution in [0.3, 0.4) is 0 Å². The largest absolute Gasteiger partial charge is 0.275 e. The predicted molar refractivity (Wildman–Crippen MR) is 96.9 cm³/mol. The molecule has 1 aliphatic heterocycles. The Balaban J connectivity index is 2.41. The Kier molecular flexibility index (Phi) is 4.17. The second-order valence-electron chi connectivity index (χ2n) is 5.86. The Morgan fingerprint density at radius 1 is 0.516 bits per heavy atom. The van der Waals surface area contributed by atoms with Crippen LogP contribution in [0.1, 0.15) is 22.8 Å². The molecule has 31 heavy (non-hydrogen) atoms. The topological polar surface area (TPSA) is 219 Å². The average Bonchev–Trinajstić information content (AvgIpc) is 3.01. The van der Waals surface area contributed by atoms with Gasteiger partial charge in [-0.15, -0.1) is 0 Å². The Morgan fingerprint density at radius 2 is 0.968 bits per heavy atom. The first-order valence-electron chi connectivity index (χ1n) is 8.22. The molecule has 0 saturated carbocycles. The molecule has 2 aromatic heterocycles. The highest BCUT2D eigenvalue weighted by Crippen LogP contribution is 2.19. The summed E-state index contributed by atoms with van der Waals surface area (Å²) < 4.78 is 0. The number of nitriles is 6. The minimum absolute atomic E-state index is 0.00987. The van der Waals surface area contributed by atoms with Crippen LogP contribution in [0.4, 0.5) is 0 Å². The van der Waals surface area contributed by atoms with Crippen molar-refractivity contribution in [1.82, 2.24) is 19.9 Å². The molecule has 0 radical (unpaired) electrons. The number of allylic oxidation sites excluding steroid dienone is 1. The van der Waals surface area contributed by atoms with Gasteiger partial charge in [-0.3, -0.25) is 4.99 Å². The minimum atomic E-state index is -0.291. The second-order valence-corrected chi connectivity index (χ2v) is 5.86. The highest BCUT2D eigenvalue weighted by Gasteiger charge is 2.21. The van der Waals surface area contributed by atoms with Crippen molar-refractivity contribution in [3.05, 3.63) is 44.8 Å². The smallest absolute Gasteiger partial charge is 0.177 e. The summed E-state index contributed by atoms with van der Waals surface area (Å²) >= 11 is 0. The van der Waals surface area contributed by atoms with Gasteiger partial charge in [-0.05, 0) is 0 Å². The standard InChI is InChI=1S/C19H2N12/c20-1-8-7-26-14-15(27-9(8)2-21)17-19(31-13(6-25)12(5-24)29-17)18-16(14)28-10(3-22)11(4-23)30-18/h7H2. The van der Waals surface area contributed by atoms with E-state index in [0.717, 1.165) is 0 Å². The zero-order valence-electron chi connectivity index (χ0n) is 15.1. The molecular formula is C19H2N12. The van der Waals surface area contributed by atoms with Gasteiger partial charge in [0.1, 0.15) is 63.1 Å². The van der Waals surface area contributed by atoms with Crippen LogP contribution in [0.5, 0.6) is 0 Å². The number of aromatic nitrogens is 4. The van der Waals surface area contributed by atoms with E-state index in [0.29, 0.717) is 0 Å². The highest BCUT2D eigenvalue weighted by molar-refractivity contribution is 6.00. The number of benzene rings is 1. The molecule has 0 fully saturated rings. The van der Waals surface area contributed by atoms with Crippen LogP contribution in [0, 0.1) is 68.0 Å². The Bertz CT molecular complexity index is 1770. The van der Waals surface area contributed by atoms with Gasteiger partial charge in [0.25, 0.3) is 0 Å². The molecule has 0 bridgehead atoms. The summed E-state index contributed by atoms with van der Waals surface area (Å²) in [5.74, 6) is 0. The molecular weight excluding hydrogens is 396 g/mol. The molecule has 0 aliphatic carbocycles. The molecule has 0 N–H and O–H groups in total. The summed E-state index contributed by atoms with van der Waals surface area (Å²) in [7, 11) is 0. The van der Waals surface area contributed by atoms with Gasteiger partial charge in [0, 0.05) is 0 Å². The molecule has 3 aromatic rings. The third kappa shape index (κ3) is 2.64. The lowest BCUT2D eigenvalue weighted by molar-refractivity contribution is 1.09. The SMILES string of the molecule is N#CC1=C(C#N)N=c2c(c3nc(C#N)c(C#N)nc3c3nc(C#N)c(C#N)nc23)=NC1. The van der Waals surface area contributed by atoms with Gasteiger partial charge < -0.3 is 0 Å². The summed E-state index contributed by atoms with van der Waals surface area (Å²) in [6.45, 7) is -0.200. The number of hydrogen-bond acceptors (Lipinski definition) is 12. The Hall–Kier alpha value is -5.82. The van der Waals surface area contributed by atoms with E-state index in [1.165, 1.54) is 0 Å². The lowest BCUT2D eigenvalue weighted by atomic mass is 10.1. The molecule has 4 rings (SSSR count). The van der Waals surface area contributed by atoms with E-state index in [-0.39, 0.29) is 73.4 Å². The maximum absolute atomic E-state index is 9.43. The monoisotopic (exact) mass is 398 g/mol. The van der Waals surface area contributed by atoms with Crippen molar-refractivity contribution < 1.29 is 0 Å². The van der Waals surface area contributed by atoms with Crippen LogP contribution >= 0.6 is 0 Å². The maximum atomic E-state index is 9.43. The van der Waals surface area contributed by atoms with Gasteiger partial charge in [-0.25, -0.2) is 24.9 Å². The zero-order chi connectivity index (χ0) is 22.1. The minimum Gasteiger partial charge on any atom is -0.275 e.